The second kappa shape index (κ2) is 5.36. The molecule has 0 radical (unpaired) electrons. The molecule has 0 aliphatic heterocycles. The number of ether oxygens (including phenoxy) is 2. The molecule has 1 N–H and O–H groups in total. The summed E-state index contributed by atoms with van der Waals surface area (Å²) >= 11 is 5.03. The molecule has 0 fully saturated rings. The van der Waals surface area contributed by atoms with E-state index in [1.807, 2.05) is 26.0 Å². The van der Waals surface area contributed by atoms with Crippen LogP contribution in [0.3, 0.4) is 0 Å². The average Bonchev–Trinajstić information content (AvgIpc) is 2.40. The fraction of sp³-hybridized carbons (Fsp3) is 0.308. The third-order valence-corrected chi connectivity index (χ3v) is 3.14. The van der Waals surface area contributed by atoms with Gasteiger partial charge in [-0.2, -0.15) is 9.97 Å². The van der Waals surface area contributed by atoms with E-state index in [1.54, 1.807) is 7.11 Å². The molecule has 1 aromatic carbocycles. The second-order valence-electron chi connectivity index (χ2n) is 4.08. The maximum Gasteiger partial charge on any atom is 0.297 e. The first-order valence-electron chi connectivity index (χ1n) is 5.73. The van der Waals surface area contributed by atoms with Crippen LogP contribution in [0.25, 0.3) is 11.4 Å². The quantitative estimate of drug-likeness (QED) is 0.874. The summed E-state index contributed by atoms with van der Waals surface area (Å²) in [5.74, 6) is 1.35. The number of H-pyrrole nitrogens is 1. The third kappa shape index (κ3) is 2.58. The van der Waals surface area contributed by atoms with Gasteiger partial charge in [-0.3, -0.25) is 4.98 Å². The standard InChI is InChI=1S/C13H15N3O2S/c1-7-5-6-9(10(17-3)8(7)2)11-14-12(18-4)16-13(19)15-11/h5-6H,1-4H3,(H,14,15,16,19). The van der Waals surface area contributed by atoms with Crippen LogP contribution in [-0.2, 0) is 0 Å². The lowest BCUT2D eigenvalue weighted by Gasteiger charge is -2.13. The molecule has 0 aliphatic carbocycles. The Morgan fingerprint density at radius 3 is 2.47 bits per heavy atom. The monoisotopic (exact) mass is 277 g/mol. The predicted octanol–water partition coefficient (Wildman–Crippen LogP) is 2.84. The summed E-state index contributed by atoms with van der Waals surface area (Å²) in [6.45, 7) is 4.04. The van der Waals surface area contributed by atoms with Crippen molar-refractivity contribution in [1.29, 1.82) is 0 Å². The number of methoxy groups -OCH3 is 2. The number of aromatic amines is 1. The van der Waals surface area contributed by atoms with Crippen molar-refractivity contribution >= 4 is 12.2 Å². The largest absolute Gasteiger partial charge is 0.496 e. The molecule has 2 rings (SSSR count). The zero-order valence-electron chi connectivity index (χ0n) is 11.3. The minimum Gasteiger partial charge on any atom is -0.496 e. The number of nitrogens with one attached hydrogen (secondary N) is 1. The first-order valence-corrected chi connectivity index (χ1v) is 6.14. The molecule has 5 nitrogen and oxygen atoms in total. The Kier molecular flexibility index (Phi) is 3.80. The van der Waals surface area contributed by atoms with E-state index in [1.165, 1.54) is 7.11 Å². The molecule has 6 heteroatoms. The van der Waals surface area contributed by atoms with Crippen molar-refractivity contribution in [1.82, 2.24) is 15.0 Å². The zero-order chi connectivity index (χ0) is 14.0. The second-order valence-corrected chi connectivity index (χ2v) is 4.44. The van der Waals surface area contributed by atoms with Gasteiger partial charge in [0.2, 0.25) is 4.77 Å². The lowest BCUT2D eigenvalue weighted by molar-refractivity contribution is 0.377. The molecular formula is C13H15N3O2S. The van der Waals surface area contributed by atoms with E-state index >= 15 is 0 Å². The van der Waals surface area contributed by atoms with Crippen LogP contribution >= 0.6 is 12.2 Å². The summed E-state index contributed by atoms with van der Waals surface area (Å²) in [4.78, 5) is 11.2. The van der Waals surface area contributed by atoms with E-state index in [0.717, 1.165) is 22.4 Å². The van der Waals surface area contributed by atoms with Gasteiger partial charge in [-0.05, 0) is 43.3 Å². The van der Waals surface area contributed by atoms with Gasteiger partial charge in [0.25, 0.3) is 6.01 Å². The Balaban J connectivity index is 2.68. The summed E-state index contributed by atoms with van der Waals surface area (Å²) < 4.78 is 10.8. The predicted molar refractivity (Wildman–Crippen MR) is 75.2 cm³/mol. The van der Waals surface area contributed by atoms with Crippen LogP contribution in [0.1, 0.15) is 11.1 Å². The van der Waals surface area contributed by atoms with Gasteiger partial charge in [0.05, 0.1) is 19.8 Å². The van der Waals surface area contributed by atoms with E-state index in [2.05, 4.69) is 15.0 Å². The van der Waals surface area contributed by atoms with Crippen molar-refractivity contribution < 1.29 is 9.47 Å². The minimum atomic E-state index is 0.228. The molecule has 0 unspecified atom stereocenters. The van der Waals surface area contributed by atoms with Crippen molar-refractivity contribution in [2.75, 3.05) is 14.2 Å². The number of aromatic nitrogens is 3. The van der Waals surface area contributed by atoms with Crippen LogP contribution < -0.4 is 9.47 Å². The van der Waals surface area contributed by atoms with Crippen LogP contribution in [0.5, 0.6) is 11.8 Å². The first-order chi connectivity index (χ1) is 9.06. The number of hydrogen-bond acceptors (Lipinski definition) is 5. The van der Waals surface area contributed by atoms with E-state index in [4.69, 9.17) is 21.7 Å². The highest BCUT2D eigenvalue weighted by Crippen LogP contribution is 2.32. The number of nitrogens with zero attached hydrogens (tertiary/aromatic N) is 2. The smallest absolute Gasteiger partial charge is 0.297 e. The van der Waals surface area contributed by atoms with Gasteiger partial charge >= 0.3 is 0 Å². The normalized spacial score (nSPS) is 10.3. The molecule has 1 heterocycles. The van der Waals surface area contributed by atoms with Gasteiger partial charge in [-0.15, -0.1) is 0 Å². The van der Waals surface area contributed by atoms with Crippen molar-refractivity contribution in [2.24, 2.45) is 0 Å². The molecule has 1 aromatic heterocycles. The van der Waals surface area contributed by atoms with Gasteiger partial charge in [0.15, 0.2) is 0 Å². The summed E-state index contributed by atoms with van der Waals surface area (Å²) in [5, 5.41) is 0. The molecule has 0 spiro atoms. The molecule has 0 saturated heterocycles. The Morgan fingerprint density at radius 1 is 1.11 bits per heavy atom. The highest BCUT2D eigenvalue weighted by atomic mass is 32.1. The molecule has 0 atom stereocenters. The lowest BCUT2D eigenvalue weighted by atomic mass is 10.0. The summed E-state index contributed by atoms with van der Waals surface area (Å²) in [5.41, 5.74) is 3.05. The Hall–Kier alpha value is -1.95. The summed E-state index contributed by atoms with van der Waals surface area (Å²) in [7, 11) is 3.16. The van der Waals surface area contributed by atoms with Gasteiger partial charge in [0, 0.05) is 0 Å². The Morgan fingerprint density at radius 2 is 1.84 bits per heavy atom. The Labute approximate surface area is 116 Å². The van der Waals surface area contributed by atoms with Gasteiger partial charge in [-0.25, -0.2) is 0 Å². The maximum absolute atomic E-state index is 5.47. The number of hydrogen-bond donors (Lipinski definition) is 1. The molecule has 0 aliphatic rings. The minimum absolute atomic E-state index is 0.228. The molecule has 2 aromatic rings. The van der Waals surface area contributed by atoms with E-state index in [0.29, 0.717) is 11.8 Å². The van der Waals surface area contributed by atoms with Gasteiger partial charge in [-0.1, -0.05) is 6.07 Å². The molecule has 0 amide bonds. The molecule has 0 saturated carbocycles. The Bertz CT molecular complexity index is 667. The third-order valence-electron chi connectivity index (χ3n) is 2.96. The topological polar surface area (TPSA) is 60.0 Å². The van der Waals surface area contributed by atoms with Crippen LogP contribution in [0, 0.1) is 18.6 Å². The van der Waals surface area contributed by atoms with Crippen LogP contribution in [0.15, 0.2) is 12.1 Å². The summed E-state index contributed by atoms with van der Waals surface area (Å²) in [6.07, 6.45) is 0. The number of benzene rings is 1. The van der Waals surface area contributed by atoms with E-state index < -0.39 is 0 Å². The van der Waals surface area contributed by atoms with Crippen molar-refractivity contribution in [3.63, 3.8) is 0 Å². The van der Waals surface area contributed by atoms with Gasteiger partial charge < -0.3 is 9.47 Å². The fourth-order valence-corrected chi connectivity index (χ4v) is 2.00. The number of rotatable bonds is 3. The maximum atomic E-state index is 5.47. The first kappa shape index (κ1) is 13.5. The van der Waals surface area contributed by atoms with Crippen LogP contribution in [-0.4, -0.2) is 29.2 Å². The molecule has 100 valence electrons. The van der Waals surface area contributed by atoms with Gasteiger partial charge in [0.1, 0.15) is 11.6 Å². The van der Waals surface area contributed by atoms with Crippen molar-refractivity contribution in [3.05, 3.63) is 28.0 Å². The highest BCUT2D eigenvalue weighted by Gasteiger charge is 2.13. The number of aryl methyl sites for hydroxylation is 1. The zero-order valence-corrected chi connectivity index (χ0v) is 12.1. The van der Waals surface area contributed by atoms with Crippen LogP contribution in [0.4, 0.5) is 0 Å². The lowest BCUT2D eigenvalue weighted by Crippen LogP contribution is -2.00. The van der Waals surface area contributed by atoms with E-state index in [-0.39, 0.29) is 4.77 Å². The van der Waals surface area contributed by atoms with Crippen LogP contribution in [0.2, 0.25) is 0 Å². The van der Waals surface area contributed by atoms with E-state index in [9.17, 15) is 0 Å². The highest BCUT2D eigenvalue weighted by molar-refractivity contribution is 7.71. The molecule has 19 heavy (non-hydrogen) atoms. The SMILES string of the molecule is COc1nc(=S)nc(-c2ccc(C)c(C)c2OC)[nH]1. The average molecular weight is 277 g/mol. The molecule has 0 bridgehead atoms. The van der Waals surface area contributed by atoms with Crippen molar-refractivity contribution in [3.8, 4) is 23.1 Å². The summed E-state index contributed by atoms with van der Waals surface area (Å²) in [6, 6.07) is 4.28. The fourth-order valence-electron chi connectivity index (χ4n) is 1.83. The molecular weight excluding hydrogens is 262 g/mol. The van der Waals surface area contributed by atoms with Crippen molar-refractivity contribution in [2.45, 2.75) is 13.8 Å².